The number of benzene rings is 4. The second-order valence-corrected chi connectivity index (χ2v) is 17.8. The monoisotopic (exact) mass is 658 g/mol. The molecule has 0 radical (unpaired) electrons. The Hall–Kier alpha value is -3.96. The molecule has 0 spiro atoms. The van der Waals surface area contributed by atoms with Crippen LogP contribution < -0.4 is 9.47 Å². The molecule has 2 nitrogen and oxygen atoms in total. The lowest BCUT2D eigenvalue weighted by Crippen LogP contribution is -2.50. The van der Waals surface area contributed by atoms with Crippen molar-refractivity contribution in [3.8, 4) is 40.2 Å². The van der Waals surface area contributed by atoms with Crippen molar-refractivity contribution >= 4 is 0 Å². The third kappa shape index (κ3) is 5.39. The third-order valence-corrected chi connectivity index (χ3v) is 14.2. The molecule has 8 aliphatic rings. The maximum Gasteiger partial charge on any atom is 0.134 e. The van der Waals surface area contributed by atoms with Gasteiger partial charge in [-0.15, -0.1) is 0 Å². The van der Waals surface area contributed by atoms with Crippen LogP contribution in [0.1, 0.15) is 105 Å². The summed E-state index contributed by atoms with van der Waals surface area (Å²) in [5, 5.41) is 0. The van der Waals surface area contributed by atoms with E-state index in [1.54, 1.807) is 0 Å². The largest absolute Gasteiger partial charge is 0.496 e. The average molecular weight is 659 g/mol. The van der Waals surface area contributed by atoms with Gasteiger partial charge in [-0.2, -0.15) is 0 Å². The normalized spacial score (nSPS) is 32.8. The first-order valence-corrected chi connectivity index (χ1v) is 19.6. The first-order chi connectivity index (χ1) is 24.4. The Kier molecular flexibility index (Phi) is 7.28. The first-order valence-electron chi connectivity index (χ1n) is 19.6. The maximum atomic E-state index is 7.01. The Labute approximate surface area is 299 Å². The smallest absolute Gasteiger partial charge is 0.134 e. The number of methoxy groups -OCH3 is 1. The lowest BCUT2D eigenvalue weighted by Gasteiger charge is -2.58. The number of rotatable bonds is 6. The fourth-order valence-electron chi connectivity index (χ4n) is 12.9. The summed E-state index contributed by atoms with van der Waals surface area (Å²) < 4.78 is 13.3. The Bertz CT molecular complexity index is 1900. The zero-order chi connectivity index (χ0) is 33.5. The first kappa shape index (κ1) is 30.8. The molecule has 8 fully saturated rings. The molecular weight excluding hydrogens is 609 g/mol. The van der Waals surface area contributed by atoms with Gasteiger partial charge in [-0.05, 0) is 184 Å². The minimum Gasteiger partial charge on any atom is -0.496 e. The van der Waals surface area contributed by atoms with Crippen LogP contribution in [0.5, 0.6) is 17.2 Å². The van der Waals surface area contributed by atoms with Gasteiger partial charge in [0.15, 0.2) is 0 Å². The number of ether oxygens (including phenoxy) is 2. The van der Waals surface area contributed by atoms with Crippen molar-refractivity contribution in [2.45, 2.75) is 94.8 Å². The topological polar surface area (TPSA) is 18.5 Å². The minimum atomic E-state index is 0.247. The molecular formula is C48H50O2. The van der Waals surface area contributed by atoms with Crippen molar-refractivity contribution < 1.29 is 9.47 Å². The van der Waals surface area contributed by atoms with E-state index in [1.165, 1.54) is 105 Å². The van der Waals surface area contributed by atoms with Crippen LogP contribution in [-0.2, 0) is 10.8 Å². The van der Waals surface area contributed by atoms with Crippen molar-refractivity contribution in [2.75, 3.05) is 7.11 Å². The Morgan fingerprint density at radius 1 is 0.500 bits per heavy atom. The summed E-state index contributed by atoms with van der Waals surface area (Å²) in [4.78, 5) is 0. The van der Waals surface area contributed by atoms with Gasteiger partial charge in [0.25, 0.3) is 0 Å². The highest BCUT2D eigenvalue weighted by molar-refractivity contribution is 5.65. The van der Waals surface area contributed by atoms with Crippen LogP contribution >= 0.6 is 0 Å². The summed E-state index contributed by atoms with van der Waals surface area (Å²) in [6.07, 6.45) is 16.9. The summed E-state index contributed by atoms with van der Waals surface area (Å²) in [7, 11) is 1.89. The van der Waals surface area contributed by atoms with Gasteiger partial charge >= 0.3 is 0 Å². The van der Waals surface area contributed by atoms with E-state index >= 15 is 0 Å². The van der Waals surface area contributed by atoms with E-state index in [4.69, 9.17) is 9.47 Å². The summed E-state index contributed by atoms with van der Waals surface area (Å²) in [6, 6.07) is 30.7. The highest BCUT2D eigenvalue weighted by atomic mass is 16.5. The highest BCUT2D eigenvalue weighted by Gasteiger charge is 2.55. The van der Waals surface area contributed by atoms with E-state index < -0.39 is 0 Å². The van der Waals surface area contributed by atoms with Crippen LogP contribution in [0, 0.1) is 54.3 Å². The molecule has 0 amide bonds. The average Bonchev–Trinajstić information content (AvgIpc) is 3.10. The number of hydrogen-bond donors (Lipinski definition) is 0. The zero-order valence-electron chi connectivity index (χ0n) is 29.8. The zero-order valence-corrected chi connectivity index (χ0v) is 29.8. The molecule has 2 heteroatoms. The predicted molar refractivity (Wildman–Crippen MR) is 202 cm³/mol. The van der Waals surface area contributed by atoms with Crippen LogP contribution in [0.2, 0.25) is 0 Å². The van der Waals surface area contributed by atoms with Gasteiger partial charge in [0.05, 0.1) is 7.11 Å². The molecule has 8 saturated carbocycles. The van der Waals surface area contributed by atoms with Crippen LogP contribution in [0.4, 0.5) is 0 Å². The van der Waals surface area contributed by atoms with E-state index in [0.29, 0.717) is 5.41 Å². The van der Waals surface area contributed by atoms with E-state index in [0.717, 1.165) is 63.9 Å². The van der Waals surface area contributed by atoms with Gasteiger partial charge in [0.1, 0.15) is 17.2 Å². The van der Waals surface area contributed by atoms with E-state index in [2.05, 4.69) is 104 Å². The van der Waals surface area contributed by atoms with Crippen molar-refractivity contribution in [3.63, 3.8) is 0 Å². The lowest BCUT2D eigenvalue weighted by molar-refractivity contribution is -0.00949. The van der Waals surface area contributed by atoms with Gasteiger partial charge in [0.2, 0.25) is 0 Å². The molecule has 0 unspecified atom stereocenters. The second kappa shape index (κ2) is 11.8. The molecule has 0 aliphatic heterocycles. The quantitative estimate of drug-likeness (QED) is 0.192. The molecule has 0 N–H and O–H groups in total. The van der Waals surface area contributed by atoms with Gasteiger partial charge in [-0.3, -0.25) is 0 Å². The molecule has 0 saturated heterocycles. The predicted octanol–water partition coefficient (Wildman–Crippen LogP) is 11.8. The molecule has 50 heavy (non-hydrogen) atoms. The maximum absolute atomic E-state index is 7.01. The standard InChI is InChI=1S/C48H50O2/c1-31-3-5-32(6-4-31)7-8-33-9-11-40(12-10-33)41-13-15-42(16-14-41)50-46-24-45(49-2)43(47-25-34-17-35(26-47)19-36(18-34)27-47)23-44(46)48-28-37-20-38(29-48)22-39(21-37)30-48/h3-6,9-16,23-24,34-39H,17-22,25-30H2,1-2H3. The van der Waals surface area contributed by atoms with Crippen molar-refractivity contribution in [1.82, 2.24) is 0 Å². The molecule has 0 atom stereocenters. The molecule has 254 valence electrons. The van der Waals surface area contributed by atoms with Crippen molar-refractivity contribution in [3.05, 3.63) is 113 Å². The van der Waals surface area contributed by atoms with Gasteiger partial charge < -0.3 is 9.47 Å². The summed E-state index contributed by atoms with van der Waals surface area (Å²) in [6.45, 7) is 2.10. The van der Waals surface area contributed by atoms with Crippen LogP contribution in [0.25, 0.3) is 11.1 Å². The minimum absolute atomic E-state index is 0.247. The second-order valence-electron chi connectivity index (χ2n) is 17.8. The summed E-state index contributed by atoms with van der Waals surface area (Å²) >= 11 is 0. The van der Waals surface area contributed by atoms with Gasteiger partial charge in [0, 0.05) is 28.3 Å². The van der Waals surface area contributed by atoms with Gasteiger partial charge in [-0.25, -0.2) is 0 Å². The SMILES string of the molecule is COc1cc(Oc2ccc(-c3ccc(C#Cc4ccc(C)cc4)cc3)cc2)c(C23CC4CC(CC(C4)C2)C3)cc1C12CC3CC(CC(C3)C1)C2. The third-order valence-electron chi connectivity index (χ3n) is 14.2. The van der Waals surface area contributed by atoms with Crippen molar-refractivity contribution in [1.29, 1.82) is 0 Å². The van der Waals surface area contributed by atoms with Crippen LogP contribution in [-0.4, -0.2) is 7.11 Å². The fraction of sp³-hybridized carbons (Fsp3) is 0.458. The van der Waals surface area contributed by atoms with E-state index in [1.807, 2.05) is 7.11 Å². The molecule has 0 aromatic heterocycles. The molecule has 4 aromatic carbocycles. The van der Waals surface area contributed by atoms with Crippen LogP contribution in [0.3, 0.4) is 0 Å². The number of aryl methyl sites for hydroxylation is 1. The highest BCUT2D eigenvalue weighted by Crippen LogP contribution is 2.65. The Balaban J connectivity index is 0.965. The number of hydrogen-bond acceptors (Lipinski definition) is 2. The van der Waals surface area contributed by atoms with E-state index in [9.17, 15) is 0 Å². The molecule has 8 bridgehead atoms. The lowest BCUT2D eigenvalue weighted by atomic mass is 9.46. The van der Waals surface area contributed by atoms with Crippen LogP contribution in [0.15, 0.2) is 84.9 Å². The summed E-state index contributed by atoms with van der Waals surface area (Å²) in [5.74, 6) is 15.0. The molecule has 4 aromatic rings. The van der Waals surface area contributed by atoms with Gasteiger partial charge in [-0.1, -0.05) is 53.8 Å². The molecule has 12 rings (SSSR count). The molecule has 0 heterocycles. The fourth-order valence-corrected chi connectivity index (χ4v) is 12.9. The van der Waals surface area contributed by atoms with Crippen molar-refractivity contribution in [2.24, 2.45) is 35.5 Å². The molecule has 8 aliphatic carbocycles. The Morgan fingerprint density at radius 3 is 1.34 bits per heavy atom. The van der Waals surface area contributed by atoms with E-state index in [-0.39, 0.29) is 5.41 Å². The summed E-state index contributed by atoms with van der Waals surface area (Å²) in [5.41, 5.74) is 9.27. The Morgan fingerprint density at radius 2 is 0.900 bits per heavy atom.